The highest BCUT2D eigenvalue weighted by atomic mass is 16.5. The number of benzene rings is 3. The highest BCUT2D eigenvalue weighted by Gasteiger charge is 2.33. The van der Waals surface area contributed by atoms with Crippen LogP contribution < -0.4 is 0 Å². The van der Waals surface area contributed by atoms with Crippen molar-refractivity contribution in [3.8, 4) is 33.6 Å². The monoisotopic (exact) mass is 491 g/mol. The number of carbonyl (C=O) groups is 1. The zero-order valence-corrected chi connectivity index (χ0v) is 21.3. The maximum Gasteiger partial charge on any atom is 0.337 e. The van der Waals surface area contributed by atoms with Gasteiger partial charge in [-0.25, -0.2) is 14.3 Å². The molecule has 0 aliphatic rings. The fourth-order valence-electron chi connectivity index (χ4n) is 4.54. The van der Waals surface area contributed by atoms with E-state index in [-0.39, 0.29) is 0 Å². The molecule has 5 rings (SSSR count). The number of hydrogen-bond acceptors (Lipinski definition) is 4. The number of aliphatic carboxylic acids is 1. The third kappa shape index (κ3) is 5.01. The highest BCUT2D eigenvalue weighted by Crippen LogP contribution is 2.36. The van der Waals surface area contributed by atoms with Crippen molar-refractivity contribution in [1.82, 2.24) is 14.6 Å². The Morgan fingerprint density at radius 1 is 0.838 bits per heavy atom. The van der Waals surface area contributed by atoms with Gasteiger partial charge >= 0.3 is 5.97 Å². The minimum Gasteiger partial charge on any atom is -0.479 e. The SMILES string of the molecule is Cc1nc2cc(-c3cccc(-c4ccccc4)c3)nn2c(-c2ccccc2)c1[C@H](OC(C)(C)C)C(=O)O. The van der Waals surface area contributed by atoms with Crippen LogP contribution in [0.25, 0.3) is 39.3 Å². The van der Waals surface area contributed by atoms with E-state index < -0.39 is 17.7 Å². The number of hydrogen-bond donors (Lipinski definition) is 1. The Morgan fingerprint density at radius 3 is 2.05 bits per heavy atom. The minimum absolute atomic E-state index is 0.494. The van der Waals surface area contributed by atoms with Gasteiger partial charge < -0.3 is 9.84 Å². The van der Waals surface area contributed by atoms with Gasteiger partial charge in [-0.15, -0.1) is 0 Å². The van der Waals surface area contributed by atoms with Crippen LogP contribution >= 0.6 is 0 Å². The molecule has 0 bridgehead atoms. The van der Waals surface area contributed by atoms with Gasteiger partial charge in [0.05, 0.1) is 17.0 Å². The van der Waals surface area contributed by atoms with Gasteiger partial charge in [0, 0.05) is 28.5 Å². The van der Waals surface area contributed by atoms with E-state index in [1.54, 1.807) is 4.52 Å². The second kappa shape index (κ2) is 9.64. The lowest BCUT2D eigenvalue weighted by molar-refractivity contribution is -0.160. The number of nitrogens with zero attached hydrogens (tertiary/aromatic N) is 3. The van der Waals surface area contributed by atoms with Gasteiger partial charge in [0.2, 0.25) is 0 Å². The molecule has 0 amide bonds. The predicted molar refractivity (Wildman–Crippen MR) is 145 cm³/mol. The van der Waals surface area contributed by atoms with Crippen molar-refractivity contribution in [2.45, 2.75) is 39.4 Å². The second-order valence-corrected chi connectivity index (χ2v) is 10.0. The first-order valence-electron chi connectivity index (χ1n) is 12.2. The number of aryl methyl sites for hydroxylation is 1. The predicted octanol–water partition coefficient (Wildman–Crippen LogP) is 6.98. The van der Waals surface area contributed by atoms with Crippen molar-refractivity contribution >= 4 is 11.6 Å². The summed E-state index contributed by atoms with van der Waals surface area (Å²) in [5, 5.41) is 15.1. The average molecular weight is 492 g/mol. The van der Waals surface area contributed by atoms with Crippen LogP contribution in [0.4, 0.5) is 0 Å². The normalized spacial score (nSPS) is 12.5. The molecule has 6 heteroatoms. The Hall–Kier alpha value is -4.29. The molecular weight excluding hydrogens is 462 g/mol. The van der Waals surface area contributed by atoms with Crippen LogP contribution in [0.1, 0.15) is 38.1 Å². The van der Waals surface area contributed by atoms with E-state index in [1.807, 2.05) is 94.4 Å². The lowest BCUT2D eigenvalue weighted by Gasteiger charge is -2.27. The van der Waals surface area contributed by atoms with E-state index in [0.717, 1.165) is 27.9 Å². The number of ether oxygens (including phenoxy) is 1. The van der Waals surface area contributed by atoms with Gasteiger partial charge in [-0.2, -0.15) is 5.10 Å². The first-order chi connectivity index (χ1) is 17.7. The summed E-state index contributed by atoms with van der Waals surface area (Å²) in [6, 6.07) is 30.0. The Kier molecular flexibility index (Phi) is 6.36. The number of rotatable bonds is 6. The molecule has 5 aromatic rings. The van der Waals surface area contributed by atoms with Gasteiger partial charge in [-0.1, -0.05) is 78.9 Å². The Morgan fingerprint density at radius 2 is 1.43 bits per heavy atom. The zero-order valence-electron chi connectivity index (χ0n) is 21.3. The van der Waals surface area contributed by atoms with Crippen molar-refractivity contribution in [2.75, 3.05) is 0 Å². The second-order valence-electron chi connectivity index (χ2n) is 10.0. The topological polar surface area (TPSA) is 76.7 Å². The molecule has 2 heterocycles. The summed E-state index contributed by atoms with van der Waals surface area (Å²) in [5.74, 6) is -1.07. The quantitative estimate of drug-likeness (QED) is 0.277. The fourth-order valence-corrected chi connectivity index (χ4v) is 4.54. The zero-order chi connectivity index (χ0) is 26.2. The molecule has 1 N–H and O–H groups in total. The van der Waals surface area contributed by atoms with Gasteiger partial charge in [0.15, 0.2) is 11.8 Å². The van der Waals surface area contributed by atoms with Crippen LogP contribution in [0.3, 0.4) is 0 Å². The van der Waals surface area contributed by atoms with Crippen LogP contribution in [0.2, 0.25) is 0 Å². The summed E-state index contributed by atoms with van der Waals surface area (Å²) in [6.45, 7) is 7.36. The molecule has 0 spiro atoms. The van der Waals surface area contributed by atoms with Gasteiger partial charge in [-0.05, 0) is 44.9 Å². The standard InChI is InChI=1S/C31H29N3O3/c1-20-27(29(30(35)36)37-31(2,3)4)28(22-14-9-6-10-15-22)34-26(32-20)19-25(33-34)24-17-11-16-23(18-24)21-12-7-5-8-13-21/h5-19,29H,1-4H3,(H,35,36)/t29-/m0/s1. The molecule has 0 unspecified atom stereocenters. The molecule has 2 aromatic heterocycles. The molecule has 0 radical (unpaired) electrons. The summed E-state index contributed by atoms with van der Waals surface area (Å²) < 4.78 is 7.79. The Balaban J connectivity index is 1.73. The molecule has 3 aromatic carbocycles. The van der Waals surface area contributed by atoms with Crippen LogP contribution in [-0.4, -0.2) is 31.3 Å². The fraction of sp³-hybridized carbons (Fsp3) is 0.194. The Labute approximate surface area is 216 Å². The summed E-state index contributed by atoms with van der Waals surface area (Å²) >= 11 is 0. The third-order valence-corrected chi connectivity index (χ3v) is 6.10. The van der Waals surface area contributed by atoms with Gasteiger partial charge in [0.1, 0.15) is 0 Å². The van der Waals surface area contributed by atoms with Crippen molar-refractivity contribution in [2.24, 2.45) is 0 Å². The molecule has 0 aliphatic carbocycles. The van der Waals surface area contributed by atoms with Crippen LogP contribution in [0, 0.1) is 6.92 Å². The number of carboxylic acids is 1. The minimum atomic E-state index is -1.21. The van der Waals surface area contributed by atoms with E-state index >= 15 is 0 Å². The first kappa shape index (κ1) is 24.4. The molecule has 0 aliphatic heterocycles. The molecule has 0 saturated carbocycles. The molecule has 37 heavy (non-hydrogen) atoms. The van der Waals surface area contributed by atoms with E-state index in [0.29, 0.717) is 22.6 Å². The highest BCUT2D eigenvalue weighted by molar-refractivity contribution is 5.81. The van der Waals surface area contributed by atoms with Gasteiger partial charge in [-0.3, -0.25) is 0 Å². The maximum atomic E-state index is 12.5. The molecule has 0 saturated heterocycles. The lowest BCUT2D eigenvalue weighted by Crippen LogP contribution is -2.29. The largest absolute Gasteiger partial charge is 0.479 e. The van der Waals surface area contributed by atoms with E-state index in [4.69, 9.17) is 14.8 Å². The van der Waals surface area contributed by atoms with Gasteiger partial charge in [0.25, 0.3) is 0 Å². The molecule has 186 valence electrons. The third-order valence-electron chi connectivity index (χ3n) is 6.10. The van der Waals surface area contributed by atoms with Crippen LogP contribution in [-0.2, 0) is 9.53 Å². The molecule has 6 nitrogen and oxygen atoms in total. The lowest BCUT2D eigenvalue weighted by atomic mass is 9.99. The molecule has 1 atom stereocenters. The molecule has 0 fully saturated rings. The van der Waals surface area contributed by atoms with Crippen molar-refractivity contribution < 1.29 is 14.6 Å². The maximum absolute atomic E-state index is 12.5. The summed E-state index contributed by atoms with van der Waals surface area (Å²) in [6.07, 6.45) is -1.21. The summed E-state index contributed by atoms with van der Waals surface area (Å²) in [7, 11) is 0. The number of aromatic nitrogens is 3. The number of fused-ring (bicyclic) bond motifs is 1. The number of carboxylic acid groups (broad SMARTS) is 1. The van der Waals surface area contributed by atoms with E-state index in [9.17, 15) is 9.90 Å². The molecular formula is C31H29N3O3. The first-order valence-corrected chi connectivity index (χ1v) is 12.2. The Bertz CT molecular complexity index is 1570. The smallest absolute Gasteiger partial charge is 0.337 e. The van der Waals surface area contributed by atoms with Crippen molar-refractivity contribution in [3.63, 3.8) is 0 Å². The summed E-state index contributed by atoms with van der Waals surface area (Å²) in [4.78, 5) is 17.2. The van der Waals surface area contributed by atoms with Crippen molar-refractivity contribution in [3.05, 3.63) is 102 Å². The van der Waals surface area contributed by atoms with E-state index in [2.05, 4.69) is 24.3 Å². The van der Waals surface area contributed by atoms with Crippen molar-refractivity contribution in [1.29, 1.82) is 0 Å². The van der Waals surface area contributed by atoms with Crippen LogP contribution in [0.5, 0.6) is 0 Å². The van der Waals surface area contributed by atoms with Crippen LogP contribution in [0.15, 0.2) is 91.0 Å². The summed E-state index contributed by atoms with van der Waals surface area (Å²) in [5.41, 5.74) is 6.46. The van der Waals surface area contributed by atoms with E-state index in [1.165, 1.54) is 0 Å². The average Bonchev–Trinajstić information content (AvgIpc) is 3.31.